The summed E-state index contributed by atoms with van der Waals surface area (Å²) in [7, 11) is 0. The van der Waals surface area contributed by atoms with E-state index in [1.54, 1.807) is 12.4 Å². The molecule has 1 aromatic rings. The Labute approximate surface area is 78.6 Å². The summed E-state index contributed by atoms with van der Waals surface area (Å²) in [6.45, 7) is 0.621. The van der Waals surface area contributed by atoms with Crippen molar-refractivity contribution in [3.63, 3.8) is 0 Å². The normalized spacial score (nSPS) is 11.8. The van der Waals surface area contributed by atoms with Gasteiger partial charge < -0.3 is 11.5 Å². The summed E-state index contributed by atoms with van der Waals surface area (Å²) in [4.78, 5) is 3.97. The van der Waals surface area contributed by atoms with Crippen molar-refractivity contribution >= 4 is 12.4 Å². The lowest BCUT2D eigenvalue weighted by atomic mass is 10.1. The average Bonchev–Trinajstić information content (AvgIpc) is 2.07. The summed E-state index contributed by atoms with van der Waals surface area (Å²) in [6, 6.07) is 3.88. The fourth-order valence-electron chi connectivity index (χ4n) is 0.942. The van der Waals surface area contributed by atoms with Crippen LogP contribution in [0.25, 0.3) is 0 Å². The summed E-state index contributed by atoms with van der Waals surface area (Å²) in [5.74, 6) is 0. The van der Waals surface area contributed by atoms with Gasteiger partial charge in [0.25, 0.3) is 0 Å². The van der Waals surface area contributed by atoms with E-state index >= 15 is 0 Å². The largest absolute Gasteiger partial charge is 0.330 e. The molecule has 0 bridgehead atoms. The predicted octanol–water partition coefficient (Wildman–Crippen LogP) is 0.852. The molecule has 0 aliphatic heterocycles. The van der Waals surface area contributed by atoms with Crippen LogP contribution in [-0.2, 0) is 0 Å². The molecule has 1 rings (SSSR count). The second-order valence-corrected chi connectivity index (χ2v) is 2.47. The maximum Gasteiger partial charge on any atom is 0.0322 e. The first-order valence-corrected chi connectivity index (χ1v) is 3.70. The zero-order valence-electron chi connectivity index (χ0n) is 6.81. The SMILES string of the molecule is Cl.NCC[C@H](N)c1cccnc1. The molecule has 12 heavy (non-hydrogen) atoms. The average molecular weight is 188 g/mol. The molecular formula is C8H14ClN3. The molecule has 0 saturated carbocycles. The Morgan fingerprint density at radius 3 is 2.75 bits per heavy atom. The minimum atomic E-state index is 0. The molecule has 0 aliphatic rings. The maximum atomic E-state index is 5.79. The quantitative estimate of drug-likeness (QED) is 0.738. The first kappa shape index (κ1) is 11.4. The van der Waals surface area contributed by atoms with Crippen LogP contribution in [-0.4, -0.2) is 11.5 Å². The van der Waals surface area contributed by atoms with Crippen LogP contribution in [0.1, 0.15) is 18.0 Å². The van der Waals surface area contributed by atoms with Gasteiger partial charge in [0, 0.05) is 18.4 Å². The molecule has 1 heterocycles. The van der Waals surface area contributed by atoms with E-state index < -0.39 is 0 Å². The van der Waals surface area contributed by atoms with Crippen LogP contribution >= 0.6 is 12.4 Å². The Kier molecular flexibility index (Phi) is 5.62. The van der Waals surface area contributed by atoms with Gasteiger partial charge in [-0.05, 0) is 24.6 Å². The van der Waals surface area contributed by atoms with Gasteiger partial charge in [0.05, 0.1) is 0 Å². The van der Waals surface area contributed by atoms with E-state index in [0.717, 1.165) is 12.0 Å². The van der Waals surface area contributed by atoms with Crippen molar-refractivity contribution < 1.29 is 0 Å². The smallest absolute Gasteiger partial charge is 0.0322 e. The summed E-state index contributed by atoms with van der Waals surface area (Å²) >= 11 is 0. The molecule has 0 aromatic carbocycles. The lowest BCUT2D eigenvalue weighted by Crippen LogP contribution is -2.15. The molecule has 4 heteroatoms. The molecule has 0 spiro atoms. The van der Waals surface area contributed by atoms with E-state index in [1.165, 1.54) is 0 Å². The molecule has 4 N–H and O–H groups in total. The number of nitrogens with zero attached hydrogens (tertiary/aromatic N) is 1. The van der Waals surface area contributed by atoms with Crippen molar-refractivity contribution in [3.8, 4) is 0 Å². The third-order valence-corrected chi connectivity index (χ3v) is 1.59. The molecule has 1 aromatic heterocycles. The first-order chi connectivity index (χ1) is 5.34. The van der Waals surface area contributed by atoms with Gasteiger partial charge in [0.1, 0.15) is 0 Å². The molecule has 0 saturated heterocycles. The fraction of sp³-hybridized carbons (Fsp3) is 0.375. The molecule has 3 nitrogen and oxygen atoms in total. The van der Waals surface area contributed by atoms with Crippen LogP contribution in [0.4, 0.5) is 0 Å². The molecular weight excluding hydrogens is 174 g/mol. The highest BCUT2D eigenvalue weighted by molar-refractivity contribution is 5.85. The summed E-state index contributed by atoms with van der Waals surface area (Å²) in [6.07, 6.45) is 4.32. The monoisotopic (exact) mass is 187 g/mol. The van der Waals surface area contributed by atoms with E-state index in [4.69, 9.17) is 11.5 Å². The maximum absolute atomic E-state index is 5.79. The van der Waals surface area contributed by atoms with Crippen molar-refractivity contribution in [1.82, 2.24) is 4.98 Å². The first-order valence-electron chi connectivity index (χ1n) is 3.70. The zero-order chi connectivity index (χ0) is 8.10. The van der Waals surface area contributed by atoms with Crippen LogP contribution in [0.15, 0.2) is 24.5 Å². The van der Waals surface area contributed by atoms with Gasteiger partial charge >= 0.3 is 0 Å². The van der Waals surface area contributed by atoms with Gasteiger partial charge in [-0.3, -0.25) is 4.98 Å². The van der Waals surface area contributed by atoms with E-state index in [0.29, 0.717) is 6.54 Å². The summed E-state index contributed by atoms with van der Waals surface area (Å²) in [5.41, 5.74) is 12.2. The molecule has 0 amide bonds. The van der Waals surface area contributed by atoms with Crippen molar-refractivity contribution in [2.24, 2.45) is 11.5 Å². The number of halogens is 1. The minimum absolute atomic E-state index is 0. The van der Waals surface area contributed by atoms with Crippen molar-refractivity contribution in [2.75, 3.05) is 6.54 Å². The van der Waals surface area contributed by atoms with E-state index in [1.807, 2.05) is 12.1 Å². The van der Waals surface area contributed by atoms with Gasteiger partial charge in [0.2, 0.25) is 0 Å². The second kappa shape index (κ2) is 5.94. The zero-order valence-corrected chi connectivity index (χ0v) is 7.63. The molecule has 0 aliphatic carbocycles. The summed E-state index contributed by atoms with van der Waals surface area (Å²) < 4.78 is 0. The second-order valence-electron chi connectivity index (χ2n) is 2.47. The van der Waals surface area contributed by atoms with Crippen LogP contribution < -0.4 is 11.5 Å². The third-order valence-electron chi connectivity index (χ3n) is 1.59. The number of hydrogen-bond acceptors (Lipinski definition) is 3. The van der Waals surface area contributed by atoms with Crippen molar-refractivity contribution in [3.05, 3.63) is 30.1 Å². The minimum Gasteiger partial charge on any atom is -0.330 e. The Balaban J connectivity index is 0.00000121. The lowest BCUT2D eigenvalue weighted by molar-refractivity contribution is 0.659. The third kappa shape index (κ3) is 3.17. The Hall–Kier alpha value is -0.640. The molecule has 0 unspecified atom stereocenters. The van der Waals surface area contributed by atoms with Gasteiger partial charge in [-0.15, -0.1) is 12.4 Å². The molecule has 0 fully saturated rings. The van der Waals surface area contributed by atoms with E-state index in [-0.39, 0.29) is 18.4 Å². The predicted molar refractivity (Wildman–Crippen MR) is 52.1 cm³/mol. The fourth-order valence-corrected chi connectivity index (χ4v) is 0.942. The van der Waals surface area contributed by atoms with Gasteiger partial charge in [-0.25, -0.2) is 0 Å². The highest BCUT2D eigenvalue weighted by atomic mass is 35.5. The highest BCUT2D eigenvalue weighted by Crippen LogP contribution is 2.10. The Bertz CT molecular complexity index is 203. The van der Waals surface area contributed by atoms with Crippen LogP contribution in [0, 0.1) is 0 Å². The van der Waals surface area contributed by atoms with E-state index in [2.05, 4.69) is 4.98 Å². The number of rotatable bonds is 3. The standard InChI is InChI=1S/C8H13N3.ClH/c9-4-3-8(10)7-2-1-5-11-6-7;/h1-2,5-6,8H,3-4,9-10H2;1H/t8-;/m0./s1. The van der Waals surface area contributed by atoms with Gasteiger partial charge in [-0.1, -0.05) is 6.07 Å². The van der Waals surface area contributed by atoms with Crippen LogP contribution in [0.2, 0.25) is 0 Å². The van der Waals surface area contributed by atoms with Crippen LogP contribution in [0.3, 0.4) is 0 Å². The summed E-state index contributed by atoms with van der Waals surface area (Å²) in [5, 5.41) is 0. The van der Waals surface area contributed by atoms with Gasteiger partial charge in [0.15, 0.2) is 0 Å². The number of aromatic nitrogens is 1. The van der Waals surface area contributed by atoms with Crippen molar-refractivity contribution in [1.29, 1.82) is 0 Å². The van der Waals surface area contributed by atoms with Crippen LogP contribution in [0.5, 0.6) is 0 Å². The Morgan fingerprint density at radius 2 is 2.25 bits per heavy atom. The topological polar surface area (TPSA) is 64.9 Å². The number of nitrogens with two attached hydrogens (primary N) is 2. The molecule has 1 atom stereocenters. The van der Waals surface area contributed by atoms with E-state index in [9.17, 15) is 0 Å². The number of hydrogen-bond donors (Lipinski definition) is 2. The lowest BCUT2D eigenvalue weighted by Gasteiger charge is -2.08. The number of pyridine rings is 1. The highest BCUT2D eigenvalue weighted by Gasteiger charge is 2.02. The Morgan fingerprint density at radius 1 is 1.50 bits per heavy atom. The molecule has 0 radical (unpaired) electrons. The van der Waals surface area contributed by atoms with Gasteiger partial charge in [-0.2, -0.15) is 0 Å². The molecule has 68 valence electrons. The van der Waals surface area contributed by atoms with Crippen molar-refractivity contribution in [2.45, 2.75) is 12.5 Å².